The van der Waals surface area contributed by atoms with Crippen LogP contribution in [0.4, 0.5) is 4.39 Å². The van der Waals surface area contributed by atoms with Crippen LogP contribution in [0.5, 0.6) is 0 Å². The molecule has 6 heteroatoms. The van der Waals surface area contributed by atoms with Gasteiger partial charge in [0.1, 0.15) is 5.82 Å². The van der Waals surface area contributed by atoms with Crippen LogP contribution in [0.2, 0.25) is 5.02 Å². The number of halogens is 2. The van der Waals surface area contributed by atoms with E-state index in [4.69, 9.17) is 16.3 Å². The molecule has 1 aliphatic rings. The molecule has 0 spiro atoms. The summed E-state index contributed by atoms with van der Waals surface area (Å²) < 4.78 is 18.9. The van der Waals surface area contributed by atoms with Gasteiger partial charge in [-0.3, -0.25) is 9.59 Å². The summed E-state index contributed by atoms with van der Waals surface area (Å²) in [5.74, 6) is -1.50. The first-order chi connectivity index (χ1) is 13.0. The lowest BCUT2D eigenvalue weighted by Crippen LogP contribution is -2.52. The van der Waals surface area contributed by atoms with Crippen molar-refractivity contribution >= 4 is 23.5 Å². The van der Waals surface area contributed by atoms with Gasteiger partial charge in [0.25, 0.3) is 0 Å². The standard InChI is InChI=1S/C21H21ClFNO3/c1-2-27-20(26)21(15-8-10-18(23)11-9-15,16-6-5-7-17(22)14-16)19(25)24-12-3-4-13-24/h5-11,14H,2-4,12-13H2,1H3/t21-/m0/s1. The Hall–Kier alpha value is -2.40. The second kappa shape index (κ2) is 8.09. The van der Waals surface area contributed by atoms with Crippen LogP contribution in [0.15, 0.2) is 48.5 Å². The summed E-state index contributed by atoms with van der Waals surface area (Å²) in [6.45, 7) is 2.95. The van der Waals surface area contributed by atoms with Crippen LogP contribution < -0.4 is 0 Å². The molecular formula is C21H21ClFNO3. The predicted octanol–water partition coefficient (Wildman–Crippen LogP) is 3.95. The highest BCUT2D eigenvalue weighted by molar-refractivity contribution is 6.30. The van der Waals surface area contributed by atoms with E-state index in [2.05, 4.69) is 0 Å². The van der Waals surface area contributed by atoms with E-state index in [1.165, 1.54) is 24.3 Å². The highest BCUT2D eigenvalue weighted by Gasteiger charge is 2.53. The van der Waals surface area contributed by atoms with E-state index in [-0.39, 0.29) is 12.5 Å². The first-order valence-corrected chi connectivity index (χ1v) is 9.36. The quantitative estimate of drug-likeness (QED) is 0.574. The van der Waals surface area contributed by atoms with E-state index in [0.29, 0.717) is 29.2 Å². The number of hydrogen-bond acceptors (Lipinski definition) is 3. The van der Waals surface area contributed by atoms with Crippen LogP contribution in [0.3, 0.4) is 0 Å². The van der Waals surface area contributed by atoms with E-state index >= 15 is 0 Å². The number of nitrogens with zero attached hydrogens (tertiary/aromatic N) is 1. The fourth-order valence-corrected chi connectivity index (χ4v) is 3.75. The molecule has 0 aliphatic carbocycles. The van der Waals surface area contributed by atoms with Gasteiger partial charge in [-0.1, -0.05) is 35.9 Å². The Bertz CT molecular complexity index is 834. The van der Waals surface area contributed by atoms with Crippen molar-refractivity contribution < 1.29 is 18.7 Å². The van der Waals surface area contributed by atoms with Crippen molar-refractivity contribution in [3.05, 3.63) is 70.5 Å². The summed E-state index contributed by atoms with van der Waals surface area (Å²) in [6, 6.07) is 12.0. The van der Waals surface area contributed by atoms with Gasteiger partial charge >= 0.3 is 5.97 Å². The molecule has 0 unspecified atom stereocenters. The summed E-state index contributed by atoms with van der Waals surface area (Å²) in [4.78, 5) is 28.6. The van der Waals surface area contributed by atoms with Gasteiger partial charge in [-0.2, -0.15) is 0 Å². The lowest BCUT2D eigenvalue weighted by molar-refractivity contribution is -0.155. The molecule has 1 fully saturated rings. The van der Waals surface area contributed by atoms with Crippen molar-refractivity contribution in [2.45, 2.75) is 25.2 Å². The number of ether oxygens (including phenoxy) is 1. The zero-order chi connectivity index (χ0) is 19.4. The molecule has 2 aromatic carbocycles. The van der Waals surface area contributed by atoms with E-state index in [0.717, 1.165) is 12.8 Å². The molecule has 0 radical (unpaired) electrons. The number of esters is 1. The molecule has 1 heterocycles. The number of hydrogen-bond donors (Lipinski definition) is 0. The van der Waals surface area contributed by atoms with Crippen LogP contribution in [-0.4, -0.2) is 36.5 Å². The van der Waals surface area contributed by atoms with Gasteiger partial charge in [0.2, 0.25) is 5.91 Å². The first-order valence-electron chi connectivity index (χ1n) is 8.98. The number of benzene rings is 2. The molecule has 3 rings (SSSR count). The molecule has 27 heavy (non-hydrogen) atoms. The third kappa shape index (κ3) is 3.56. The van der Waals surface area contributed by atoms with Gasteiger partial charge in [0.05, 0.1) is 6.61 Å². The second-order valence-electron chi connectivity index (χ2n) is 6.49. The van der Waals surface area contributed by atoms with Crippen molar-refractivity contribution in [1.29, 1.82) is 0 Å². The van der Waals surface area contributed by atoms with Gasteiger partial charge in [-0.05, 0) is 55.2 Å². The van der Waals surface area contributed by atoms with Crippen molar-refractivity contribution in [3.8, 4) is 0 Å². The highest BCUT2D eigenvalue weighted by atomic mass is 35.5. The molecule has 4 nitrogen and oxygen atoms in total. The topological polar surface area (TPSA) is 46.6 Å². The Balaban J connectivity index is 2.27. The molecule has 0 aromatic heterocycles. The summed E-state index contributed by atoms with van der Waals surface area (Å²) in [5, 5.41) is 0.400. The lowest BCUT2D eigenvalue weighted by atomic mass is 9.73. The average Bonchev–Trinajstić information content (AvgIpc) is 3.19. The third-order valence-corrected chi connectivity index (χ3v) is 5.07. The highest BCUT2D eigenvalue weighted by Crippen LogP contribution is 2.38. The van der Waals surface area contributed by atoms with Crippen LogP contribution in [0, 0.1) is 5.82 Å². The lowest BCUT2D eigenvalue weighted by Gasteiger charge is -2.34. The van der Waals surface area contributed by atoms with Crippen LogP contribution in [0.25, 0.3) is 0 Å². The molecule has 1 atom stereocenters. The summed E-state index contributed by atoms with van der Waals surface area (Å²) >= 11 is 6.17. The maximum Gasteiger partial charge on any atom is 0.330 e. The minimum absolute atomic E-state index is 0.121. The SMILES string of the molecule is CCOC(=O)[C@@](C(=O)N1CCCC1)(c1ccc(F)cc1)c1cccc(Cl)c1. The smallest absolute Gasteiger partial charge is 0.330 e. The van der Waals surface area contributed by atoms with Crippen molar-refractivity contribution in [2.75, 3.05) is 19.7 Å². The number of rotatable bonds is 5. The van der Waals surface area contributed by atoms with Gasteiger partial charge < -0.3 is 9.64 Å². The molecule has 142 valence electrons. The van der Waals surface area contributed by atoms with Gasteiger partial charge in [0.15, 0.2) is 5.41 Å². The molecule has 0 N–H and O–H groups in total. The monoisotopic (exact) mass is 389 g/mol. The maximum absolute atomic E-state index is 13.7. The normalized spacial score (nSPS) is 16.0. The molecule has 1 saturated heterocycles. The van der Waals surface area contributed by atoms with Gasteiger partial charge in [0, 0.05) is 18.1 Å². The van der Waals surface area contributed by atoms with Crippen molar-refractivity contribution in [3.63, 3.8) is 0 Å². The zero-order valence-corrected chi connectivity index (χ0v) is 15.8. The zero-order valence-electron chi connectivity index (χ0n) is 15.1. The van der Waals surface area contributed by atoms with E-state index in [1.807, 2.05) is 0 Å². The molecule has 0 saturated carbocycles. The van der Waals surface area contributed by atoms with E-state index in [9.17, 15) is 14.0 Å². The first kappa shape index (κ1) is 19.4. The summed E-state index contributed by atoms with van der Waals surface area (Å²) in [5.41, 5.74) is -0.947. The summed E-state index contributed by atoms with van der Waals surface area (Å²) in [6.07, 6.45) is 1.76. The Labute approximate surface area is 162 Å². The molecular weight excluding hydrogens is 369 g/mol. The average molecular weight is 390 g/mol. The van der Waals surface area contributed by atoms with Crippen molar-refractivity contribution in [1.82, 2.24) is 4.90 Å². The maximum atomic E-state index is 13.7. The predicted molar refractivity (Wildman–Crippen MR) is 101 cm³/mol. The second-order valence-corrected chi connectivity index (χ2v) is 6.92. The molecule has 0 bridgehead atoms. The Morgan fingerprint density at radius 3 is 2.37 bits per heavy atom. The van der Waals surface area contributed by atoms with E-state index < -0.39 is 17.2 Å². The third-order valence-electron chi connectivity index (χ3n) is 4.83. The molecule has 1 amide bonds. The van der Waals surface area contributed by atoms with Crippen LogP contribution >= 0.6 is 11.6 Å². The van der Waals surface area contributed by atoms with Gasteiger partial charge in [-0.25, -0.2) is 4.39 Å². The Morgan fingerprint density at radius 2 is 1.78 bits per heavy atom. The van der Waals surface area contributed by atoms with E-state index in [1.54, 1.807) is 36.1 Å². The van der Waals surface area contributed by atoms with Crippen molar-refractivity contribution in [2.24, 2.45) is 0 Å². The van der Waals surface area contributed by atoms with Crippen LogP contribution in [0.1, 0.15) is 30.9 Å². The minimum Gasteiger partial charge on any atom is -0.465 e. The Morgan fingerprint density at radius 1 is 1.11 bits per heavy atom. The van der Waals surface area contributed by atoms with Crippen LogP contribution in [-0.2, 0) is 19.7 Å². The fraction of sp³-hybridized carbons (Fsp3) is 0.333. The van der Waals surface area contributed by atoms with Gasteiger partial charge in [-0.15, -0.1) is 0 Å². The number of likely N-dealkylation sites (tertiary alicyclic amines) is 1. The summed E-state index contributed by atoms with van der Waals surface area (Å²) in [7, 11) is 0. The number of carbonyl (C=O) groups is 2. The molecule has 1 aliphatic heterocycles. The Kier molecular flexibility index (Phi) is 5.80. The molecule has 2 aromatic rings. The largest absolute Gasteiger partial charge is 0.465 e. The fourth-order valence-electron chi connectivity index (χ4n) is 3.55. The number of amides is 1. The number of carbonyl (C=O) groups excluding carboxylic acids is 2. The minimum atomic E-state index is -1.72.